The molecule has 1 aliphatic carbocycles. The van der Waals surface area contributed by atoms with Gasteiger partial charge in [0.05, 0.1) is 0 Å². The molecule has 0 aromatic heterocycles. The zero-order valence-electron chi connectivity index (χ0n) is 11.3. The standard InChI is InChI=1S/C15H22BrN3/c16-14-2-1-3-15(13(14)10-17)19-8-6-18(7-9-19)11-12-4-5-12/h1-3,12H,4-11,17H2. The molecule has 0 radical (unpaired) electrons. The Morgan fingerprint density at radius 1 is 1.16 bits per heavy atom. The summed E-state index contributed by atoms with van der Waals surface area (Å²) in [6.07, 6.45) is 2.90. The van der Waals surface area contributed by atoms with Gasteiger partial charge in [0, 0.05) is 55.0 Å². The summed E-state index contributed by atoms with van der Waals surface area (Å²) in [6, 6.07) is 6.38. The summed E-state index contributed by atoms with van der Waals surface area (Å²) in [4.78, 5) is 5.10. The largest absolute Gasteiger partial charge is 0.369 e. The van der Waals surface area contributed by atoms with Crippen LogP contribution in [-0.2, 0) is 6.54 Å². The van der Waals surface area contributed by atoms with Crippen molar-refractivity contribution in [2.45, 2.75) is 19.4 Å². The first-order chi connectivity index (χ1) is 9.28. The zero-order valence-corrected chi connectivity index (χ0v) is 12.9. The Kier molecular flexibility index (Phi) is 4.10. The molecule has 0 unspecified atom stereocenters. The number of rotatable bonds is 4. The first-order valence-electron chi connectivity index (χ1n) is 7.22. The minimum Gasteiger partial charge on any atom is -0.369 e. The fourth-order valence-corrected chi connectivity index (χ4v) is 3.40. The lowest BCUT2D eigenvalue weighted by molar-refractivity contribution is 0.248. The van der Waals surface area contributed by atoms with Crippen LogP contribution in [0.5, 0.6) is 0 Å². The van der Waals surface area contributed by atoms with Gasteiger partial charge >= 0.3 is 0 Å². The number of hydrogen-bond acceptors (Lipinski definition) is 3. The first-order valence-corrected chi connectivity index (χ1v) is 8.02. The van der Waals surface area contributed by atoms with Crippen molar-refractivity contribution in [2.75, 3.05) is 37.6 Å². The lowest BCUT2D eigenvalue weighted by Crippen LogP contribution is -2.47. The van der Waals surface area contributed by atoms with Gasteiger partial charge < -0.3 is 10.6 Å². The molecule has 1 saturated carbocycles. The SMILES string of the molecule is NCc1c(Br)cccc1N1CCN(CC2CC2)CC1. The quantitative estimate of drug-likeness (QED) is 0.923. The van der Waals surface area contributed by atoms with Gasteiger partial charge in [-0.3, -0.25) is 4.90 Å². The van der Waals surface area contributed by atoms with Crippen molar-refractivity contribution in [3.8, 4) is 0 Å². The third kappa shape index (κ3) is 3.12. The second-order valence-electron chi connectivity index (χ2n) is 5.67. The van der Waals surface area contributed by atoms with Gasteiger partial charge in [-0.2, -0.15) is 0 Å². The molecule has 0 spiro atoms. The molecule has 19 heavy (non-hydrogen) atoms. The molecule has 1 saturated heterocycles. The van der Waals surface area contributed by atoms with E-state index >= 15 is 0 Å². The molecular weight excluding hydrogens is 302 g/mol. The van der Waals surface area contributed by atoms with Gasteiger partial charge in [-0.25, -0.2) is 0 Å². The highest BCUT2D eigenvalue weighted by Crippen LogP contribution is 2.31. The van der Waals surface area contributed by atoms with Gasteiger partial charge in [0.15, 0.2) is 0 Å². The molecule has 1 aliphatic heterocycles. The van der Waals surface area contributed by atoms with E-state index in [9.17, 15) is 0 Å². The van der Waals surface area contributed by atoms with Crippen molar-refractivity contribution in [2.24, 2.45) is 11.7 Å². The van der Waals surface area contributed by atoms with E-state index in [4.69, 9.17) is 5.73 Å². The topological polar surface area (TPSA) is 32.5 Å². The minimum atomic E-state index is 0.596. The van der Waals surface area contributed by atoms with Crippen LogP contribution in [-0.4, -0.2) is 37.6 Å². The Balaban J connectivity index is 1.65. The fourth-order valence-electron chi connectivity index (χ4n) is 2.88. The van der Waals surface area contributed by atoms with E-state index in [1.807, 2.05) is 0 Å². The Morgan fingerprint density at radius 3 is 2.53 bits per heavy atom. The van der Waals surface area contributed by atoms with Gasteiger partial charge in [0.2, 0.25) is 0 Å². The summed E-state index contributed by atoms with van der Waals surface area (Å²) < 4.78 is 1.13. The third-order valence-electron chi connectivity index (χ3n) is 4.22. The van der Waals surface area contributed by atoms with Crippen LogP contribution < -0.4 is 10.6 Å². The molecule has 1 aromatic rings. The van der Waals surface area contributed by atoms with E-state index in [1.165, 1.54) is 43.7 Å². The van der Waals surface area contributed by atoms with E-state index in [0.29, 0.717) is 6.54 Å². The molecule has 2 N–H and O–H groups in total. The second kappa shape index (κ2) is 5.81. The van der Waals surface area contributed by atoms with Crippen LogP contribution in [0.3, 0.4) is 0 Å². The predicted molar refractivity (Wildman–Crippen MR) is 83.4 cm³/mol. The van der Waals surface area contributed by atoms with E-state index in [0.717, 1.165) is 23.5 Å². The van der Waals surface area contributed by atoms with Crippen LogP contribution in [0.4, 0.5) is 5.69 Å². The maximum atomic E-state index is 5.89. The molecule has 2 aliphatic rings. The third-order valence-corrected chi connectivity index (χ3v) is 4.97. The average molecular weight is 324 g/mol. The molecule has 104 valence electrons. The summed E-state index contributed by atoms with van der Waals surface area (Å²) in [6.45, 7) is 6.53. The summed E-state index contributed by atoms with van der Waals surface area (Å²) in [5, 5.41) is 0. The van der Waals surface area contributed by atoms with Crippen LogP contribution in [0.25, 0.3) is 0 Å². The normalized spacial score (nSPS) is 20.8. The van der Waals surface area contributed by atoms with Gasteiger partial charge in [0.1, 0.15) is 0 Å². The first kappa shape index (κ1) is 13.4. The van der Waals surface area contributed by atoms with Crippen LogP contribution in [0.1, 0.15) is 18.4 Å². The number of nitrogens with two attached hydrogens (primary N) is 1. The smallest absolute Gasteiger partial charge is 0.0424 e. The Bertz CT molecular complexity index is 437. The number of benzene rings is 1. The van der Waals surface area contributed by atoms with Crippen molar-refractivity contribution >= 4 is 21.6 Å². The molecule has 1 heterocycles. The van der Waals surface area contributed by atoms with Crippen LogP contribution in [0.15, 0.2) is 22.7 Å². The molecular formula is C15H22BrN3. The molecule has 3 nitrogen and oxygen atoms in total. The van der Waals surface area contributed by atoms with Crippen LogP contribution in [0.2, 0.25) is 0 Å². The zero-order chi connectivity index (χ0) is 13.2. The highest BCUT2D eigenvalue weighted by molar-refractivity contribution is 9.10. The number of anilines is 1. The van der Waals surface area contributed by atoms with Gasteiger partial charge in [-0.05, 0) is 30.9 Å². The van der Waals surface area contributed by atoms with Gasteiger partial charge in [-0.1, -0.05) is 22.0 Å². The van der Waals surface area contributed by atoms with Gasteiger partial charge in [-0.15, -0.1) is 0 Å². The highest BCUT2D eigenvalue weighted by Gasteiger charge is 2.26. The summed E-state index contributed by atoms with van der Waals surface area (Å²) >= 11 is 3.61. The molecule has 1 aromatic carbocycles. The fraction of sp³-hybridized carbons (Fsp3) is 0.600. The average Bonchev–Trinajstić information content (AvgIpc) is 3.23. The summed E-state index contributed by atoms with van der Waals surface area (Å²) in [7, 11) is 0. The summed E-state index contributed by atoms with van der Waals surface area (Å²) in [5.74, 6) is 0.997. The minimum absolute atomic E-state index is 0.596. The van der Waals surface area contributed by atoms with Crippen molar-refractivity contribution in [3.63, 3.8) is 0 Å². The Labute approximate surface area is 123 Å². The van der Waals surface area contributed by atoms with Crippen molar-refractivity contribution in [1.29, 1.82) is 0 Å². The maximum Gasteiger partial charge on any atom is 0.0424 e. The van der Waals surface area contributed by atoms with E-state index in [2.05, 4.69) is 43.9 Å². The van der Waals surface area contributed by atoms with E-state index in [1.54, 1.807) is 0 Å². The molecule has 0 atom stereocenters. The van der Waals surface area contributed by atoms with Crippen molar-refractivity contribution in [1.82, 2.24) is 4.90 Å². The Hall–Kier alpha value is -0.580. The second-order valence-corrected chi connectivity index (χ2v) is 6.53. The lowest BCUT2D eigenvalue weighted by Gasteiger charge is -2.37. The Morgan fingerprint density at radius 2 is 1.89 bits per heavy atom. The van der Waals surface area contributed by atoms with E-state index < -0.39 is 0 Å². The number of nitrogens with zero attached hydrogens (tertiary/aromatic N) is 2. The highest BCUT2D eigenvalue weighted by atomic mass is 79.9. The van der Waals surface area contributed by atoms with Gasteiger partial charge in [0.25, 0.3) is 0 Å². The number of halogens is 1. The molecule has 4 heteroatoms. The molecule has 3 rings (SSSR count). The van der Waals surface area contributed by atoms with Crippen LogP contribution >= 0.6 is 15.9 Å². The lowest BCUT2D eigenvalue weighted by atomic mass is 10.1. The number of hydrogen-bond donors (Lipinski definition) is 1. The monoisotopic (exact) mass is 323 g/mol. The van der Waals surface area contributed by atoms with Crippen LogP contribution in [0, 0.1) is 5.92 Å². The molecule has 0 amide bonds. The molecule has 0 bridgehead atoms. The predicted octanol–water partition coefficient (Wildman–Crippen LogP) is 2.44. The number of piperazine rings is 1. The van der Waals surface area contributed by atoms with Crippen molar-refractivity contribution in [3.05, 3.63) is 28.2 Å². The van der Waals surface area contributed by atoms with E-state index in [-0.39, 0.29) is 0 Å². The summed E-state index contributed by atoms with van der Waals surface area (Å²) in [5.41, 5.74) is 8.44. The van der Waals surface area contributed by atoms with Crippen molar-refractivity contribution < 1.29 is 0 Å². The molecule has 2 fully saturated rings. The maximum absolute atomic E-state index is 5.89.